The summed E-state index contributed by atoms with van der Waals surface area (Å²) in [5, 5.41) is 1.98. The molecule has 2 aromatic heterocycles. The van der Waals surface area contributed by atoms with Crippen LogP contribution in [-0.4, -0.2) is 15.0 Å². The van der Waals surface area contributed by atoms with Crippen molar-refractivity contribution in [1.29, 1.82) is 0 Å². The second-order valence-corrected chi connectivity index (χ2v) is 2.96. The van der Waals surface area contributed by atoms with Crippen molar-refractivity contribution >= 4 is 11.3 Å². The lowest BCUT2D eigenvalue weighted by Gasteiger charge is -1.83. The number of aromatic nitrogens is 3. The van der Waals surface area contributed by atoms with E-state index < -0.39 is 0 Å². The minimum atomic E-state index is 0.920. The molecule has 11 heavy (non-hydrogen) atoms. The summed E-state index contributed by atoms with van der Waals surface area (Å²) in [5.74, 6) is 0.924. The van der Waals surface area contributed by atoms with Crippen LogP contribution in [0.2, 0.25) is 0 Å². The predicted molar refractivity (Wildman–Crippen MR) is 44.4 cm³/mol. The van der Waals surface area contributed by atoms with Crippen LogP contribution < -0.4 is 0 Å². The predicted octanol–water partition coefficient (Wildman–Crippen LogP) is 1.84. The number of thiazole rings is 1. The zero-order chi connectivity index (χ0) is 7.68. The average Bonchev–Trinajstić information content (AvgIpc) is 2.55. The highest BCUT2D eigenvalue weighted by Crippen LogP contribution is 2.15. The monoisotopic (exact) mass is 165 g/mol. The molecule has 2 aromatic rings. The summed E-state index contributed by atoms with van der Waals surface area (Å²) in [6.07, 6.45) is 1.87. The van der Waals surface area contributed by atoms with Gasteiger partial charge in [0.15, 0.2) is 0 Å². The van der Waals surface area contributed by atoms with E-state index in [0.29, 0.717) is 0 Å². The molecule has 3 nitrogen and oxygen atoms in total. The van der Waals surface area contributed by atoms with Gasteiger partial charge in [-0.3, -0.25) is 0 Å². The summed E-state index contributed by atoms with van der Waals surface area (Å²) in [7, 11) is 0. The Labute approximate surface area is 68.1 Å². The van der Waals surface area contributed by atoms with Crippen LogP contribution in [0.4, 0.5) is 0 Å². The van der Waals surface area contributed by atoms with Gasteiger partial charge in [-0.05, 0) is 6.92 Å². The summed E-state index contributed by atoms with van der Waals surface area (Å²) in [6, 6.07) is 0. The molecule has 0 aliphatic carbocycles. The third kappa shape index (κ3) is 1.17. The van der Waals surface area contributed by atoms with Crippen LogP contribution in [0.1, 0.15) is 5.82 Å². The van der Waals surface area contributed by atoms with Crippen LogP contribution in [0.25, 0.3) is 11.4 Å². The SMILES string of the molecule is Cc1nc(-c2cscn2)c[nH]1. The van der Waals surface area contributed by atoms with Crippen molar-refractivity contribution in [2.24, 2.45) is 0 Å². The number of rotatable bonds is 1. The van der Waals surface area contributed by atoms with Crippen LogP contribution in [0.5, 0.6) is 0 Å². The summed E-state index contributed by atoms with van der Waals surface area (Å²) in [4.78, 5) is 11.4. The van der Waals surface area contributed by atoms with E-state index in [-0.39, 0.29) is 0 Å². The summed E-state index contributed by atoms with van der Waals surface area (Å²) in [6.45, 7) is 1.93. The van der Waals surface area contributed by atoms with Crippen LogP contribution in [-0.2, 0) is 0 Å². The van der Waals surface area contributed by atoms with Crippen molar-refractivity contribution in [1.82, 2.24) is 15.0 Å². The molecule has 0 radical (unpaired) electrons. The molecule has 0 unspecified atom stereocenters. The molecule has 2 rings (SSSR count). The number of H-pyrrole nitrogens is 1. The Kier molecular flexibility index (Phi) is 1.47. The van der Waals surface area contributed by atoms with Crippen molar-refractivity contribution in [3.8, 4) is 11.4 Å². The first-order chi connectivity index (χ1) is 5.36. The van der Waals surface area contributed by atoms with E-state index in [9.17, 15) is 0 Å². The molecule has 0 aliphatic heterocycles. The highest BCUT2D eigenvalue weighted by atomic mass is 32.1. The van der Waals surface area contributed by atoms with Crippen LogP contribution >= 0.6 is 11.3 Å². The minimum Gasteiger partial charge on any atom is -0.348 e. The average molecular weight is 165 g/mol. The van der Waals surface area contributed by atoms with Crippen molar-refractivity contribution in [3.63, 3.8) is 0 Å². The van der Waals surface area contributed by atoms with Gasteiger partial charge in [0.2, 0.25) is 0 Å². The topological polar surface area (TPSA) is 41.6 Å². The number of hydrogen-bond acceptors (Lipinski definition) is 3. The third-order valence-electron chi connectivity index (χ3n) is 1.40. The van der Waals surface area contributed by atoms with E-state index in [1.807, 2.05) is 18.5 Å². The molecule has 0 amide bonds. The van der Waals surface area contributed by atoms with Crippen molar-refractivity contribution in [2.75, 3.05) is 0 Å². The maximum Gasteiger partial charge on any atom is 0.108 e. The fourth-order valence-electron chi connectivity index (χ4n) is 0.888. The van der Waals surface area contributed by atoms with Gasteiger partial charge >= 0.3 is 0 Å². The molecule has 2 heterocycles. The standard InChI is InChI=1S/C7H7N3S/c1-5-8-2-6(10-5)7-3-11-4-9-7/h2-4H,1H3,(H,8,10). The third-order valence-corrected chi connectivity index (χ3v) is 1.99. The lowest BCUT2D eigenvalue weighted by atomic mass is 10.4. The quantitative estimate of drug-likeness (QED) is 0.700. The molecular formula is C7H7N3S. The molecule has 4 heteroatoms. The minimum absolute atomic E-state index is 0.920. The van der Waals surface area contributed by atoms with Gasteiger partial charge in [0.05, 0.1) is 5.51 Å². The lowest BCUT2D eigenvalue weighted by Crippen LogP contribution is -1.75. The van der Waals surface area contributed by atoms with Gasteiger partial charge in [0.25, 0.3) is 0 Å². The number of imidazole rings is 1. The second kappa shape index (κ2) is 2.47. The van der Waals surface area contributed by atoms with E-state index in [2.05, 4.69) is 15.0 Å². The van der Waals surface area contributed by atoms with Crippen molar-refractivity contribution in [2.45, 2.75) is 6.92 Å². The Morgan fingerprint density at radius 3 is 2.91 bits per heavy atom. The molecule has 0 aromatic carbocycles. The van der Waals surface area contributed by atoms with Gasteiger partial charge in [0.1, 0.15) is 17.2 Å². The van der Waals surface area contributed by atoms with Gasteiger partial charge < -0.3 is 4.98 Å². The first-order valence-electron chi connectivity index (χ1n) is 3.27. The van der Waals surface area contributed by atoms with Gasteiger partial charge in [-0.15, -0.1) is 11.3 Å². The number of hydrogen-bond donors (Lipinski definition) is 1. The van der Waals surface area contributed by atoms with Crippen LogP contribution in [0.3, 0.4) is 0 Å². The van der Waals surface area contributed by atoms with Gasteiger partial charge in [-0.25, -0.2) is 9.97 Å². The second-order valence-electron chi connectivity index (χ2n) is 2.24. The molecular weight excluding hydrogens is 158 g/mol. The summed E-state index contributed by atoms with van der Waals surface area (Å²) < 4.78 is 0. The fraction of sp³-hybridized carbons (Fsp3) is 0.143. The van der Waals surface area contributed by atoms with Crippen LogP contribution in [0.15, 0.2) is 17.1 Å². The molecule has 0 bridgehead atoms. The zero-order valence-corrected chi connectivity index (χ0v) is 6.85. The maximum absolute atomic E-state index is 4.24. The van der Waals surface area contributed by atoms with E-state index in [0.717, 1.165) is 17.2 Å². The normalized spacial score (nSPS) is 10.3. The molecule has 0 spiro atoms. The van der Waals surface area contributed by atoms with E-state index in [4.69, 9.17) is 0 Å². The summed E-state index contributed by atoms with van der Waals surface area (Å²) >= 11 is 1.58. The van der Waals surface area contributed by atoms with Crippen molar-refractivity contribution < 1.29 is 0 Å². The number of aryl methyl sites for hydroxylation is 1. The first kappa shape index (κ1) is 6.54. The Morgan fingerprint density at radius 1 is 1.45 bits per heavy atom. The maximum atomic E-state index is 4.24. The van der Waals surface area contributed by atoms with Crippen LogP contribution in [0, 0.1) is 6.92 Å². The molecule has 0 atom stereocenters. The smallest absolute Gasteiger partial charge is 0.108 e. The lowest BCUT2D eigenvalue weighted by molar-refractivity contribution is 1.15. The van der Waals surface area contributed by atoms with Crippen molar-refractivity contribution in [3.05, 3.63) is 22.9 Å². The van der Waals surface area contributed by atoms with Gasteiger partial charge in [-0.2, -0.15) is 0 Å². The zero-order valence-electron chi connectivity index (χ0n) is 6.03. The molecule has 56 valence electrons. The largest absolute Gasteiger partial charge is 0.348 e. The first-order valence-corrected chi connectivity index (χ1v) is 4.21. The fourth-order valence-corrected chi connectivity index (χ4v) is 1.43. The molecule has 0 fully saturated rings. The van der Waals surface area contributed by atoms with Gasteiger partial charge in [0, 0.05) is 11.6 Å². The van der Waals surface area contributed by atoms with E-state index >= 15 is 0 Å². The molecule has 0 saturated carbocycles. The molecule has 0 aliphatic rings. The Balaban J connectivity index is 2.45. The molecule has 1 N–H and O–H groups in total. The van der Waals surface area contributed by atoms with E-state index in [1.54, 1.807) is 16.8 Å². The Bertz CT molecular complexity index is 336. The number of nitrogens with zero attached hydrogens (tertiary/aromatic N) is 2. The number of nitrogens with one attached hydrogen (secondary N) is 1. The summed E-state index contributed by atoms with van der Waals surface area (Å²) in [5.41, 5.74) is 3.67. The van der Waals surface area contributed by atoms with E-state index in [1.165, 1.54) is 0 Å². The van der Waals surface area contributed by atoms with Gasteiger partial charge in [-0.1, -0.05) is 0 Å². The molecule has 0 saturated heterocycles. The highest BCUT2D eigenvalue weighted by molar-refractivity contribution is 7.07. The Hall–Kier alpha value is -1.16. The Morgan fingerprint density at radius 2 is 2.36 bits per heavy atom. The number of aromatic amines is 1. The highest BCUT2D eigenvalue weighted by Gasteiger charge is 2.01.